The third kappa shape index (κ3) is 39.1. The lowest BCUT2D eigenvalue weighted by Gasteiger charge is -2.48. The van der Waals surface area contributed by atoms with Crippen molar-refractivity contribution in [3.8, 4) is 0 Å². The molecule has 12 N–H and O–H groups in total. The number of carbonyl (C=O) groups excluding carboxylic acids is 1. The lowest BCUT2D eigenvalue weighted by Crippen LogP contribution is -2.66. The Bertz CT molecular complexity index is 1830. The van der Waals surface area contributed by atoms with E-state index < -0.39 is 124 Å². The molecule has 3 fully saturated rings. The molecule has 0 aromatic heterocycles. The highest BCUT2D eigenvalue weighted by Crippen LogP contribution is 2.33. The number of ether oxygens (including phenoxy) is 6. The Balaban J connectivity index is 1.39. The first-order valence-corrected chi connectivity index (χ1v) is 39.6. The van der Waals surface area contributed by atoms with Crippen LogP contribution in [-0.2, 0) is 33.2 Å². The quantitative estimate of drug-likeness (QED) is 0.0199. The number of aliphatic hydroxyl groups excluding tert-OH is 11. The lowest BCUT2D eigenvalue weighted by atomic mass is 9.96. The summed E-state index contributed by atoms with van der Waals surface area (Å²) in [6.45, 7) is 1.77. The molecule has 17 unspecified atom stereocenters. The monoisotopic (exact) mass is 1370 g/mol. The molecule has 0 aliphatic carbocycles. The fraction of sp³-hybridized carbons (Fsp3) is 0.935. The van der Waals surface area contributed by atoms with Crippen LogP contribution in [0.4, 0.5) is 0 Å². The lowest BCUT2D eigenvalue weighted by molar-refractivity contribution is -0.379. The van der Waals surface area contributed by atoms with Crippen LogP contribution < -0.4 is 5.32 Å². The van der Waals surface area contributed by atoms with E-state index >= 15 is 0 Å². The number of carbonyl (C=O) groups is 1. The van der Waals surface area contributed by atoms with Crippen molar-refractivity contribution in [2.24, 2.45) is 0 Å². The first kappa shape index (κ1) is 88.5. The molecule has 0 spiro atoms. The van der Waals surface area contributed by atoms with E-state index in [1.165, 1.54) is 257 Å². The highest BCUT2D eigenvalue weighted by Gasteiger charge is 2.53. The molecule has 17 atom stereocenters. The zero-order valence-electron chi connectivity index (χ0n) is 60.4. The third-order valence-corrected chi connectivity index (χ3v) is 20.0. The Morgan fingerprint density at radius 3 is 1.04 bits per heavy atom. The Labute approximate surface area is 581 Å². The number of amides is 1. The molecule has 0 aromatic rings. The second-order valence-corrected chi connectivity index (χ2v) is 28.5. The van der Waals surface area contributed by atoms with Gasteiger partial charge in [-0.05, 0) is 32.1 Å². The van der Waals surface area contributed by atoms with Gasteiger partial charge in [-0.2, -0.15) is 0 Å². The Hall–Kier alpha value is -1.73. The van der Waals surface area contributed by atoms with Gasteiger partial charge in [-0.1, -0.05) is 314 Å². The third-order valence-electron chi connectivity index (χ3n) is 20.0. The zero-order valence-corrected chi connectivity index (χ0v) is 60.4. The first-order chi connectivity index (χ1) is 46.8. The molecule has 1 amide bonds. The summed E-state index contributed by atoms with van der Waals surface area (Å²) in [4.78, 5) is 13.5. The standard InChI is InChI=1S/C77H145NO18/c1-3-5-7-9-11-13-15-17-19-21-23-25-27-28-29-30-31-33-35-37-39-41-43-45-47-49-51-53-55-65(83)78-60(61(82)54-52-50-48-46-44-42-40-38-36-34-32-26-24-22-20-18-16-14-12-10-8-6-4-2)59-91-75-71(89)68(86)73(63(57-80)93-75)96-77-72(90)69(87)74(64(58-81)94-77)95-76-70(88)67(85)66(84)62(56-79)92-76/h44,46,52,54,60-64,66-77,79-82,84-90H,3-43,45,47-51,53,55-59H2,1-2H3,(H,78,83)/b46-44+,54-52+. The molecule has 0 saturated carbocycles. The fourth-order valence-electron chi connectivity index (χ4n) is 13.6. The average Bonchev–Trinajstić information content (AvgIpc) is 0.787. The topological polar surface area (TPSA) is 307 Å². The van der Waals surface area contributed by atoms with Gasteiger partial charge < -0.3 is 89.9 Å². The SMILES string of the molecule is CCCCCCCCCCCCCCCCCCC/C=C/CC/C=C/C(O)C(COC1OC(CO)C(OC2OC(CO)C(OC3OC(CO)C(O)C(O)C3O)C(O)C2O)C(O)C1O)NC(=O)CCCCCCCCCCCCCCCCCCCCCCCCCCCCCC. The highest BCUT2D eigenvalue weighted by molar-refractivity contribution is 5.76. The van der Waals surface area contributed by atoms with Crippen molar-refractivity contribution < 1.29 is 89.4 Å². The second-order valence-electron chi connectivity index (χ2n) is 28.5. The van der Waals surface area contributed by atoms with Crippen LogP contribution in [0.25, 0.3) is 0 Å². The van der Waals surface area contributed by atoms with E-state index in [9.17, 15) is 61.0 Å². The summed E-state index contributed by atoms with van der Waals surface area (Å²) in [5.74, 6) is -0.278. The molecule has 96 heavy (non-hydrogen) atoms. The van der Waals surface area contributed by atoms with Gasteiger partial charge in [0.15, 0.2) is 18.9 Å². The van der Waals surface area contributed by atoms with Gasteiger partial charge in [-0.15, -0.1) is 0 Å². The number of hydrogen-bond acceptors (Lipinski definition) is 18. The van der Waals surface area contributed by atoms with Gasteiger partial charge in [0.05, 0.1) is 38.6 Å². The Morgan fingerprint density at radius 2 is 0.667 bits per heavy atom. The minimum Gasteiger partial charge on any atom is -0.394 e. The summed E-state index contributed by atoms with van der Waals surface area (Å²) in [5.41, 5.74) is 0. The molecular weight excluding hydrogens is 1230 g/mol. The van der Waals surface area contributed by atoms with Crippen LogP contribution >= 0.6 is 0 Å². The van der Waals surface area contributed by atoms with E-state index in [-0.39, 0.29) is 18.9 Å². The molecule has 566 valence electrons. The van der Waals surface area contributed by atoms with Gasteiger partial charge in [0, 0.05) is 6.42 Å². The largest absolute Gasteiger partial charge is 0.394 e. The molecular formula is C77H145NO18. The van der Waals surface area contributed by atoms with Crippen LogP contribution in [0.3, 0.4) is 0 Å². The molecule has 19 heteroatoms. The molecule has 19 nitrogen and oxygen atoms in total. The van der Waals surface area contributed by atoms with Crippen LogP contribution in [0.5, 0.6) is 0 Å². The number of nitrogens with one attached hydrogen (secondary N) is 1. The van der Waals surface area contributed by atoms with E-state index in [2.05, 4.69) is 31.3 Å². The zero-order chi connectivity index (χ0) is 69.6. The fourth-order valence-corrected chi connectivity index (χ4v) is 13.6. The number of hydrogen-bond donors (Lipinski definition) is 12. The van der Waals surface area contributed by atoms with E-state index in [1.807, 2.05) is 6.08 Å². The summed E-state index contributed by atoms with van der Waals surface area (Å²) in [6.07, 6.45) is 43.1. The predicted octanol–water partition coefficient (Wildman–Crippen LogP) is 12.6. The second kappa shape index (κ2) is 58.7. The number of allylic oxidation sites excluding steroid dienone is 3. The summed E-state index contributed by atoms with van der Waals surface area (Å²) < 4.78 is 34.4. The molecule has 0 aromatic carbocycles. The molecule has 3 rings (SSSR count). The smallest absolute Gasteiger partial charge is 0.220 e. The summed E-state index contributed by atoms with van der Waals surface area (Å²) in [5, 5.41) is 121. The molecule has 0 bridgehead atoms. The first-order valence-electron chi connectivity index (χ1n) is 39.6. The van der Waals surface area contributed by atoms with Crippen LogP contribution in [-0.4, -0.2) is 193 Å². The summed E-state index contributed by atoms with van der Waals surface area (Å²) >= 11 is 0. The van der Waals surface area contributed by atoms with Crippen molar-refractivity contribution in [2.45, 2.75) is 433 Å². The maximum atomic E-state index is 13.5. The van der Waals surface area contributed by atoms with Gasteiger partial charge >= 0.3 is 0 Å². The van der Waals surface area contributed by atoms with Crippen molar-refractivity contribution in [2.75, 3.05) is 26.4 Å². The van der Waals surface area contributed by atoms with E-state index in [0.717, 1.165) is 38.5 Å². The predicted molar refractivity (Wildman–Crippen MR) is 379 cm³/mol. The Morgan fingerprint density at radius 1 is 0.365 bits per heavy atom. The molecule has 0 radical (unpaired) electrons. The number of unbranched alkanes of at least 4 members (excludes halogenated alkanes) is 45. The van der Waals surface area contributed by atoms with Gasteiger partial charge in [0.25, 0.3) is 0 Å². The molecule has 3 saturated heterocycles. The van der Waals surface area contributed by atoms with Crippen molar-refractivity contribution in [3.05, 3.63) is 24.3 Å². The van der Waals surface area contributed by atoms with Crippen LogP contribution in [0.15, 0.2) is 24.3 Å². The van der Waals surface area contributed by atoms with Crippen molar-refractivity contribution in [3.63, 3.8) is 0 Å². The maximum Gasteiger partial charge on any atom is 0.220 e. The molecule has 3 aliphatic rings. The van der Waals surface area contributed by atoms with Gasteiger partial charge in [0.2, 0.25) is 5.91 Å². The molecule has 3 heterocycles. The summed E-state index contributed by atoms with van der Waals surface area (Å²) in [6, 6.07) is -0.988. The van der Waals surface area contributed by atoms with E-state index in [1.54, 1.807) is 6.08 Å². The van der Waals surface area contributed by atoms with Gasteiger partial charge in [-0.25, -0.2) is 0 Å². The van der Waals surface area contributed by atoms with Crippen LogP contribution in [0.2, 0.25) is 0 Å². The minimum atomic E-state index is -1.98. The average molecular weight is 1370 g/mol. The van der Waals surface area contributed by atoms with Crippen molar-refractivity contribution >= 4 is 5.91 Å². The van der Waals surface area contributed by atoms with Crippen LogP contribution in [0, 0.1) is 0 Å². The number of aliphatic hydroxyl groups is 11. The van der Waals surface area contributed by atoms with Crippen molar-refractivity contribution in [1.82, 2.24) is 5.32 Å². The minimum absolute atomic E-state index is 0.241. The maximum absolute atomic E-state index is 13.5. The Kier molecular flexibility index (Phi) is 54.1. The highest BCUT2D eigenvalue weighted by atomic mass is 16.8. The van der Waals surface area contributed by atoms with Crippen molar-refractivity contribution in [1.29, 1.82) is 0 Å². The summed E-state index contributed by atoms with van der Waals surface area (Å²) in [7, 11) is 0. The van der Waals surface area contributed by atoms with Gasteiger partial charge in [0.1, 0.15) is 73.2 Å². The van der Waals surface area contributed by atoms with Crippen LogP contribution in [0.1, 0.15) is 328 Å². The number of rotatable bonds is 63. The molecule has 3 aliphatic heterocycles. The van der Waals surface area contributed by atoms with Gasteiger partial charge in [-0.3, -0.25) is 4.79 Å². The normalized spacial score (nSPS) is 27.1. The van der Waals surface area contributed by atoms with E-state index in [4.69, 9.17) is 28.4 Å². The van der Waals surface area contributed by atoms with E-state index in [0.29, 0.717) is 12.8 Å².